The summed E-state index contributed by atoms with van der Waals surface area (Å²) in [6.07, 6.45) is 8.11. The van der Waals surface area contributed by atoms with Crippen molar-refractivity contribution in [1.29, 1.82) is 0 Å². The summed E-state index contributed by atoms with van der Waals surface area (Å²) in [6.45, 7) is 3.62. The van der Waals surface area contributed by atoms with Crippen LogP contribution in [-0.4, -0.2) is 35.0 Å². The second-order valence-corrected chi connectivity index (χ2v) is 4.85. The number of hydrogen-bond acceptors (Lipinski definition) is 4. The smallest absolute Gasteiger partial charge is 0.234 e. The van der Waals surface area contributed by atoms with Gasteiger partial charge in [0.1, 0.15) is 0 Å². The van der Waals surface area contributed by atoms with E-state index in [-0.39, 0.29) is 0 Å². The van der Waals surface area contributed by atoms with E-state index in [2.05, 4.69) is 14.9 Å². The molecule has 1 aliphatic heterocycles. The van der Waals surface area contributed by atoms with Gasteiger partial charge in [-0.15, -0.1) is 11.6 Å². The Bertz CT molecular complexity index is 375. The molecule has 1 aromatic heterocycles. The van der Waals surface area contributed by atoms with Crippen molar-refractivity contribution in [2.45, 2.75) is 38.6 Å². The number of halogens is 1. The molecule has 4 nitrogen and oxygen atoms in total. The zero-order valence-electron chi connectivity index (χ0n) is 10.8. The minimum Gasteiger partial charge on any atom is -0.477 e. The van der Waals surface area contributed by atoms with Crippen LogP contribution in [0, 0.1) is 0 Å². The lowest BCUT2D eigenvalue weighted by Gasteiger charge is -2.25. The van der Waals surface area contributed by atoms with Crippen molar-refractivity contribution in [3.8, 4) is 5.88 Å². The van der Waals surface area contributed by atoms with Crippen molar-refractivity contribution in [2.24, 2.45) is 0 Å². The number of anilines is 1. The first-order valence-corrected chi connectivity index (χ1v) is 7.16. The van der Waals surface area contributed by atoms with Gasteiger partial charge in [0.2, 0.25) is 5.88 Å². The third kappa shape index (κ3) is 3.25. The lowest BCUT2D eigenvalue weighted by atomic mass is 10.1. The molecule has 5 heteroatoms. The van der Waals surface area contributed by atoms with Crippen LogP contribution in [-0.2, 0) is 0 Å². The highest BCUT2D eigenvalue weighted by Gasteiger charge is 2.25. The molecule has 100 valence electrons. The zero-order chi connectivity index (χ0) is 12.8. The maximum absolute atomic E-state index is 5.77. The van der Waals surface area contributed by atoms with Crippen LogP contribution in [0.2, 0.25) is 0 Å². The molecule has 2 rings (SSSR count). The minimum absolute atomic E-state index is 0.551. The average molecular weight is 270 g/mol. The normalized spacial score (nSPS) is 19.2. The first-order chi connectivity index (χ1) is 8.85. The standard InChI is InChI=1S/C13H20ClN3O/c1-2-18-13-10-15-9-12(16-13)17-8-4-6-11(17)5-3-7-14/h9-11H,2-8H2,1H3. The Hall–Kier alpha value is -1.03. The van der Waals surface area contributed by atoms with E-state index in [1.54, 1.807) is 6.20 Å². The van der Waals surface area contributed by atoms with Crippen LogP contribution in [0.15, 0.2) is 12.4 Å². The summed E-state index contributed by atoms with van der Waals surface area (Å²) >= 11 is 5.77. The molecule has 0 spiro atoms. The monoisotopic (exact) mass is 269 g/mol. The van der Waals surface area contributed by atoms with Gasteiger partial charge in [0.15, 0.2) is 5.82 Å². The van der Waals surface area contributed by atoms with E-state index in [0.29, 0.717) is 18.5 Å². The van der Waals surface area contributed by atoms with Gasteiger partial charge < -0.3 is 9.64 Å². The van der Waals surface area contributed by atoms with E-state index in [1.165, 1.54) is 12.8 Å². The lowest BCUT2D eigenvalue weighted by molar-refractivity contribution is 0.325. The lowest BCUT2D eigenvalue weighted by Crippen LogP contribution is -2.30. The molecule has 0 amide bonds. The van der Waals surface area contributed by atoms with Gasteiger partial charge >= 0.3 is 0 Å². The van der Waals surface area contributed by atoms with Crippen LogP contribution in [0.5, 0.6) is 5.88 Å². The van der Waals surface area contributed by atoms with Gasteiger partial charge in [0.25, 0.3) is 0 Å². The Morgan fingerprint density at radius 1 is 1.50 bits per heavy atom. The number of ether oxygens (including phenoxy) is 1. The molecule has 1 fully saturated rings. The van der Waals surface area contributed by atoms with Gasteiger partial charge in [0.05, 0.1) is 19.0 Å². The Labute approximate surface area is 113 Å². The fourth-order valence-electron chi connectivity index (χ4n) is 2.44. The summed E-state index contributed by atoms with van der Waals surface area (Å²) in [5, 5.41) is 0. The predicted octanol–water partition coefficient (Wildman–Crippen LogP) is 2.86. The molecule has 1 unspecified atom stereocenters. The molecule has 0 N–H and O–H groups in total. The molecule has 1 aliphatic rings. The van der Waals surface area contributed by atoms with Gasteiger partial charge in [-0.1, -0.05) is 0 Å². The number of rotatable bonds is 6. The summed E-state index contributed by atoms with van der Waals surface area (Å²) in [7, 11) is 0. The molecule has 18 heavy (non-hydrogen) atoms. The van der Waals surface area contributed by atoms with Gasteiger partial charge in [-0.2, -0.15) is 4.98 Å². The van der Waals surface area contributed by atoms with Gasteiger partial charge in [-0.25, -0.2) is 0 Å². The molecule has 0 aromatic carbocycles. The summed E-state index contributed by atoms with van der Waals surface area (Å²) in [4.78, 5) is 11.1. The largest absolute Gasteiger partial charge is 0.477 e. The Balaban J connectivity index is 2.06. The van der Waals surface area contributed by atoms with E-state index in [0.717, 1.165) is 31.1 Å². The van der Waals surface area contributed by atoms with Crippen molar-refractivity contribution in [2.75, 3.05) is 23.9 Å². The molecular formula is C13H20ClN3O. The second-order valence-electron chi connectivity index (χ2n) is 4.47. The Morgan fingerprint density at radius 3 is 3.17 bits per heavy atom. The van der Waals surface area contributed by atoms with E-state index in [1.807, 2.05) is 13.1 Å². The summed E-state index contributed by atoms with van der Waals surface area (Å²) in [6, 6.07) is 0.551. The molecule has 1 atom stereocenters. The molecule has 1 aromatic rings. The summed E-state index contributed by atoms with van der Waals surface area (Å²) < 4.78 is 5.40. The molecule has 0 radical (unpaired) electrons. The maximum Gasteiger partial charge on any atom is 0.234 e. The topological polar surface area (TPSA) is 38.2 Å². The maximum atomic E-state index is 5.77. The third-order valence-corrected chi connectivity index (χ3v) is 3.50. The van der Waals surface area contributed by atoms with Crippen molar-refractivity contribution < 1.29 is 4.74 Å². The summed E-state index contributed by atoms with van der Waals surface area (Å²) in [5.41, 5.74) is 0. The highest BCUT2D eigenvalue weighted by molar-refractivity contribution is 6.17. The van der Waals surface area contributed by atoms with Gasteiger partial charge in [-0.3, -0.25) is 4.98 Å². The number of aromatic nitrogens is 2. The molecule has 0 aliphatic carbocycles. The van der Waals surface area contributed by atoms with Crippen LogP contribution in [0.4, 0.5) is 5.82 Å². The highest BCUT2D eigenvalue weighted by atomic mass is 35.5. The van der Waals surface area contributed by atoms with Crippen molar-refractivity contribution in [3.05, 3.63) is 12.4 Å². The number of nitrogens with zero attached hydrogens (tertiary/aromatic N) is 3. The summed E-state index contributed by atoms with van der Waals surface area (Å²) in [5.74, 6) is 2.27. The number of hydrogen-bond donors (Lipinski definition) is 0. The predicted molar refractivity (Wildman–Crippen MR) is 73.5 cm³/mol. The van der Waals surface area contributed by atoms with Crippen LogP contribution in [0.3, 0.4) is 0 Å². The minimum atomic E-state index is 0.551. The van der Waals surface area contributed by atoms with Crippen LogP contribution in [0.1, 0.15) is 32.6 Å². The molecule has 2 heterocycles. The number of alkyl halides is 1. The quantitative estimate of drug-likeness (QED) is 0.745. The Morgan fingerprint density at radius 2 is 2.39 bits per heavy atom. The molecule has 0 saturated carbocycles. The Kier molecular flexibility index (Phi) is 5.05. The first kappa shape index (κ1) is 13.4. The van der Waals surface area contributed by atoms with Crippen LogP contribution >= 0.6 is 11.6 Å². The fourth-order valence-corrected chi connectivity index (χ4v) is 2.60. The van der Waals surface area contributed by atoms with Gasteiger partial charge in [0, 0.05) is 18.5 Å². The van der Waals surface area contributed by atoms with Crippen LogP contribution in [0.25, 0.3) is 0 Å². The fraction of sp³-hybridized carbons (Fsp3) is 0.692. The van der Waals surface area contributed by atoms with Crippen LogP contribution < -0.4 is 9.64 Å². The third-order valence-electron chi connectivity index (χ3n) is 3.23. The average Bonchev–Trinajstić information content (AvgIpc) is 2.85. The molecule has 0 bridgehead atoms. The van der Waals surface area contributed by atoms with E-state index in [9.17, 15) is 0 Å². The van der Waals surface area contributed by atoms with Crippen molar-refractivity contribution in [1.82, 2.24) is 9.97 Å². The van der Waals surface area contributed by atoms with Crippen molar-refractivity contribution in [3.63, 3.8) is 0 Å². The van der Waals surface area contributed by atoms with Crippen molar-refractivity contribution >= 4 is 17.4 Å². The van der Waals surface area contributed by atoms with E-state index >= 15 is 0 Å². The second kappa shape index (κ2) is 6.78. The molecular weight excluding hydrogens is 250 g/mol. The highest BCUT2D eigenvalue weighted by Crippen LogP contribution is 2.27. The van der Waals surface area contributed by atoms with E-state index in [4.69, 9.17) is 16.3 Å². The first-order valence-electron chi connectivity index (χ1n) is 6.62. The molecule has 1 saturated heterocycles. The zero-order valence-corrected chi connectivity index (χ0v) is 11.6. The SMILES string of the molecule is CCOc1cncc(N2CCCC2CCCCl)n1. The van der Waals surface area contributed by atoms with Gasteiger partial charge in [-0.05, 0) is 32.6 Å². The van der Waals surface area contributed by atoms with E-state index < -0.39 is 0 Å².